The van der Waals surface area contributed by atoms with Gasteiger partial charge in [0.15, 0.2) is 0 Å². The van der Waals surface area contributed by atoms with Crippen LogP contribution >= 0.6 is 0 Å². The van der Waals surface area contributed by atoms with Gasteiger partial charge in [0.2, 0.25) is 0 Å². The maximum absolute atomic E-state index is 10.0. The molecule has 5 aromatic rings. The van der Waals surface area contributed by atoms with Crippen LogP contribution in [0.3, 0.4) is 0 Å². The summed E-state index contributed by atoms with van der Waals surface area (Å²) in [5.41, 5.74) is 1.61. The number of nitrogens with zero attached hydrogens (tertiary/aromatic N) is 1. The van der Waals surface area contributed by atoms with E-state index < -0.39 is 0 Å². The predicted molar refractivity (Wildman–Crippen MR) is 114 cm³/mol. The number of para-hydroxylation sites is 1. The lowest BCUT2D eigenvalue weighted by Gasteiger charge is -2.12. The Morgan fingerprint density at radius 2 is 1.07 bits per heavy atom. The van der Waals surface area contributed by atoms with Gasteiger partial charge in [0.1, 0.15) is 5.75 Å². The fraction of sp³-hybridized carbons (Fsp3) is 0. The van der Waals surface area contributed by atoms with Gasteiger partial charge in [-0.1, -0.05) is 72.8 Å². The molecule has 0 bridgehead atoms. The average molecular weight is 347 g/mol. The third-order valence-corrected chi connectivity index (χ3v) is 5.03. The van der Waals surface area contributed by atoms with Crippen molar-refractivity contribution >= 4 is 44.2 Å². The molecule has 5 aromatic carbocycles. The summed E-state index contributed by atoms with van der Waals surface area (Å²) >= 11 is 0. The van der Waals surface area contributed by atoms with E-state index in [-0.39, 0.29) is 5.75 Å². The summed E-state index contributed by atoms with van der Waals surface area (Å²) in [4.78, 5) is 4.74. The molecule has 128 valence electrons. The number of benzene rings is 5. The molecule has 27 heavy (non-hydrogen) atoms. The van der Waals surface area contributed by atoms with Crippen LogP contribution in [0.1, 0.15) is 5.56 Å². The maximum Gasteiger partial charge on any atom is 0.124 e. The highest BCUT2D eigenvalue weighted by Crippen LogP contribution is 2.39. The second-order valence-corrected chi connectivity index (χ2v) is 6.61. The average Bonchev–Trinajstić information content (AvgIpc) is 2.73. The van der Waals surface area contributed by atoms with E-state index in [1.54, 1.807) is 12.3 Å². The summed E-state index contributed by atoms with van der Waals surface area (Å²) in [6.45, 7) is 0. The fourth-order valence-electron chi connectivity index (χ4n) is 3.78. The van der Waals surface area contributed by atoms with Crippen LogP contribution in [0.25, 0.3) is 32.3 Å². The van der Waals surface area contributed by atoms with E-state index in [2.05, 4.69) is 54.6 Å². The third kappa shape index (κ3) is 2.54. The van der Waals surface area contributed by atoms with E-state index in [0.29, 0.717) is 5.56 Å². The zero-order valence-corrected chi connectivity index (χ0v) is 14.6. The largest absolute Gasteiger partial charge is 0.507 e. The van der Waals surface area contributed by atoms with Crippen LogP contribution < -0.4 is 0 Å². The van der Waals surface area contributed by atoms with E-state index in [9.17, 15) is 5.11 Å². The SMILES string of the molecule is Oc1ccccc1C=Nc1cccc2c3ccccc3c3ccccc3c12. The Bertz CT molecular complexity index is 1290. The molecule has 5 rings (SSSR count). The van der Waals surface area contributed by atoms with Gasteiger partial charge in [-0.05, 0) is 45.1 Å². The van der Waals surface area contributed by atoms with Crippen molar-refractivity contribution in [2.45, 2.75) is 0 Å². The van der Waals surface area contributed by atoms with Gasteiger partial charge in [-0.2, -0.15) is 0 Å². The number of aromatic hydroxyl groups is 1. The van der Waals surface area contributed by atoms with Crippen LogP contribution in [0.15, 0.2) is 96.0 Å². The van der Waals surface area contributed by atoms with Crippen LogP contribution in [0.2, 0.25) is 0 Å². The minimum atomic E-state index is 0.233. The standard InChI is InChI=1S/C25H17NO/c27-24-15-6-1-8-17(24)16-26-23-14-7-13-22-20-10-3-2-9-18(20)19-11-4-5-12-21(19)25(22)23/h1-16,27H. The number of phenols is 1. The second kappa shape index (κ2) is 6.26. The Hall–Kier alpha value is -3.65. The maximum atomic E-state index is 10.0. The lowest BCUT2D eigenvalue weighted by molar-refractivity contribution is 0.474. The monoisotopic (exact) mass is 347 g/mol. The van der Waals surface area contributed by atoms with Crippen LogP contribution in [-0.2, 0) is 0 Å². The lowest BCUT2D eigenvalue weighted by Crippen LogP contribution is -1.85. The van der Waals surface area contributed by atoms with Crippen molar-refractivity contribution in [2.75, 3.05) is 0 Å². The molecule has 0 aromatic heterocycles. The Balaban J connectivity index is 1.86. The van der Waals surface area contributed by atoms with Gasteiger partial charge in [-0.25, -0.2) is 0 Å². The highest BCUT2D eigenvalue weighted by atomic mass is 16.3. The molecule has 0 unspecified atom stereocenters. The molecule has 0 amide bonds. The molecule has 0 aliphatic heterocycles. The summed E-state index contributed by atoms with van der Waals surface area (Å²) < 4.78 is 0. The molecule has 1 N–H and O–H groups in total. The summed E-state index contributed by atoms with van der Waals surface area (Å²) in [7, 11) is 0. The van der Waals surface area contributed by atoms with Gasteiger partial charge in [-0.15, -0.1) is 0 Å². The van der Waals surface area contributed by atoms with Crippen molar-refractivity contribution in [1.29, 1.82) is 0 Å². The van der Waals surface area contributed by atoms with Crippen LogP contribution in [0, 0.1) is 0 Å². The van der Waals surface area contributed by atoms with Crippen molar-refractivity contribution in [1.82, 2.24) is 0 Å². The van der Waals surface area contributed by atoms with Crippen LogP contribution in [-0.4, -0.2) is 11.3 Å². The van der Waals surface area contributed by atoms with E-state index in [4.69, 9.17) is 4.99 Å². The number of phenolic OH excluding ortho intramolecular Hbond substituents is 1. The Morgan fingerprint density at radius 3 is 1.74 bits per heavy atom. The van der Waals surface area contributed by atoms with Gasteiger partial charge in [0.05, 0.1) is 5.69 Å². The fourth-order valence-corrected chi connectivity index (χ4v) is 3.78. The first-order valence-electron chi connectivity index (χ1n) is 8.97. The zero-order chi connectivity index (χ0) is 18.2. The Labute approximate surface area is 157 Å². The zero-order valence-electron chi connectivity index (χ0n) is 14.6. The van der Waals surface area contributed by atoms with Crippen molar-refractivity contribution < 1.29 is 5.11 Å². The van der Waals surface area contributed by atoms with Crippen molar-refractivity contribution in [3.8, 4) is 5.75 Å². The molecule has 0 saturated carbocycles. The lowest BCUT2D eigenvalue weighted by atomic mass is 9.93. The van der Waals surface area contributed by atoms with E-state index in [1.165, 1.54) is 26.9 Å². The molecule has 0 atom stereocenters. The van der Waals surface area contributed by atoms with Gasteiger partial charge in [0.25, 0.3) is 0 Å². The molecular formula is C25H17NO. The molecule has 2 nitrogen and oxygen atoms in total. The summed E-state index contributed by atoms with van der Waals surface area (Å²) in [6, 6.07) is 30.4. The summed E-state index contributed by atoms with van der Waals surface area (Å²) in [6.07, 6.45) is 1.73. The predicted octanol–water partition coefficient (Wildman–Crippen LogP) is 6.60. The molecule has 0 saturated heterocycles. The summed E-state index contributed by atoms with van der Waals surface area (Å²) in [5, 5.41) is 17.3. The van der Waals surface area contributed by atoms with Gasteiger partial charge >= 0.3 is 0 Å². The number of fused-ring (bicyclic) bond motifs is 6. The topological polar surface area (TPSA) is 32.6 Å². The van der Waals surface area contributed by atoms with E-state index in [0.717, 1.165) is 11.1 Å². The number of rotatable bonds is 2. The van der Waals surface area contributed by atoms with Crippen molar-refractivity contribution in [3.05, 3.63) is 96.6 Å². The minimum absolute atomic E-state index is 0.233. The first-order chi connectivity index (χ1) is 13.3. The van der Waals surface area contributed by atoms with Crippen LogP contribution in [0.5, 0.6) is 5.75 Å². The minimum Gasteiger partial charge on any atom is -0.507 e. The van der Waals surface area contributed by atoms with E-state index in [1.807, 2.05) is 30.3 Å². The Kier molecular flexibility index (Phi) is 3.61. The normalized spacial score (nSPS) is 11.7. The molecule has 0 radical (unpaired) electrons. The Morgan fingerprint density at radius 1 is 0.556 bits per heavy atom. The van der Waals surface area contributed by atoms with Gasteiger partial charge in [0, 0.05) is 17.2 Å². The molecule has 0 heterocycles. The molecule has 0 spiro atoms. The first-order valence-corrected chi connectivity index (χ1v) is 8.97. The molecular weight excluding hydrogens is 330 g/mol. The van der Waals surface area contributed by atoms with E-state index >= 15 is 0 Å². The smallest absolute Gasteiger partial charge is 0.124 e. The molecule has 0 aliphatic rings. The number of aliphatic imine (C=N–C) groups is 1. The summed E-state index contributed by atoms with van der Waals surface area (Å²) in [5.74, 6) is 0.233. The quantitative estimate of drug-likeness (QED) is 0.283. The highest BCUT2D eigenvalue weighted by Gasteiger charge is 2.10. The molecule has 2 heteroatoms. The number of hydrogen-bond donors (Lipinski definition) is 1. The third-order valence-electron chi connectivity index (χ3n) is 5.03. The van der Waals surface area contributed by atoms with Crippen molar-refractivity contribution in [2.24, 2.45) is 4.99 Å². The molecule has 0 fully saturated rings. The molecule has 0 aliphatic carbocycles. The van der Waals surface area contributed by atoms with Gasteiger partial charge in [-0.3, -0.25) is 4.99 Å². The highest BCUT2D eigenvalue weighted by molar-refractivity contribution is 6.28. The van der Waals surface area contributed by atoms with Crippen molar-refractivity contribution in [3.63, 3.8) is 0 Å². The second-order valence-electron chi connectivity index (χ2n) is 6.61. The first kappa shape index (κ1) is 15.6. The van der Waals surface area contributed by atoms with Crippen LogP contribution in [0.4, 0.5) is 5.69 Å². The van der Waals surface area contributed by atoms with Gasteiger partial charge < -0.3 is 5.11 Å². The number of hydrogen-bond acceptors (Lipinski definition) is 2.